The molecule has 4 aliphatic rings. The summed E-state index contributed by atoms with van der Waals surface area (Å²) in [6, 6.07) is 22.7. The SMILES string of the molecule is O[C@@H]1CCC[C@H]2[C@@H]1CCCN2Cc1ccccc1.O[C@H]1CCC[C@@H]2[C@H]1CCCN2Cc1ccccc1. The summed E-state index contributed by atoms with van der Waals surface area (Å²) < 4.78 is 0. The molecule has 0 spiro atoms. The van der Waals surface area contributed by atoms with Crippen LogP contribution >= 0.6 is 0 Å². The molecule has 6 atom stereocenters. The van der Waals surface area contributed by atoms with Crippen LogP contribution in [0.5, 0.6) is 0 Å². The van der Waals surface area contributed by atoms with E-state index in [4.69, 9.17) is 0 Å². The summed E-state index contributed by atoms with van der Waals surface area (Å²) in [5.41, 5.74) is 2.80. The van der Waals surface area contributed by atoms with E-state index < -0.39 is 0 Å². The molecule has 2 heterocycles. The first-order valence-corrected chi connectivity index (χ1v) is 14.6. The van der Waals surface area contributed by atoms with Gasteiger partial charge in [-0.2, -0.15) is 0 Å². The van der Waals surface area contributed by atoms with Gasteiger partial charge < -0.3 is 10.2 Å². The van der Waals surface area contributed by atoms with Crippen molar-refractivity contribution in [3.63, 3.8) is 0 Å². The van der Waals surface area contributed by atoms with Crippen LogP contribution < -0.4 is 0 Å². The van der Waals surface area contributed by atoms with Gasteiger partial charge in [0.2, 0.25) is 0 Å². The zero-order chi connectivity index (χ0) is 24.7. The van der Waals surface area contributed by atoms with E-state index in [1.54, 1.807) is 0 Å². The lowest BCUT2D eigenvalue weighted by Crippen LogP contribution is -2.50. The maximum atomic E-state index is 10.2. The first kappa shape index (κ1) is 25.9. The van der Waals surface area contributed by atoms with E-state index >= 15 is 0 Å². The minimum Gasteiger partial charge on any atom is -0.393 e. The summed E-state index contributed by atoms with van der Waals surface area (Å²) in [6.07, 6.45) is 11.8. The second-order valence-electron chi connectivity index (χ2n) is 11.7. The third-order valence-electron chi connectivity index (χ3n) is 9.34. The number of fused-ring (bicyclic) bond motifs is 2. The fourth-order valence-corrected chi connectivity index (χ4v) is 7.54. The molecule has 4 fully saturated rings. The Balaban J connectivity index is 0.000000148. The molecule has 4 heteroatoms. The minimum absolute atomic E-state index is 0.0534. The Morgan fingerprint density at radius 1 is 0.528 bits per heavy atom. The van der Waals surface area contributed by atoms with Gasteiger partial charge >= 0.3 is 0 Å². The van der Waals surface area contributed by atoms with Gasteiger partial charge in [-0.3, -0.25) is 9.80 Å². The molecule has 6 rings (SSSR count). The standard InChI is InChI=1S/2C16H23NO/c2*18-16-10-4-9-15-14(16)8-5-11-17(15)12-13-6-2-1-3-7-13/h2*1-3,6-7,14-16,18H,4-5,8-12H2/t2*14-,15-,16+/m10/s1. The highest BCUT2D eigenvalue weighted by Gasteiger charge is 2.39. The monoisotopic (exact) mass is 490 g/mol. The molecule has 0 bridgehead atoms. The van der Waals surface area contributed by atoms with Gasteiger partial charge in [0.1, 0.15) is 0 Å². The second-order valence-corrected chi connectivity index (χ2v) is 11.7. The molecule has 2 saturated carbocycles. The van der Waals surface area contributed by atoms with E-state index in [9.17, 15) is 10.2 Å². The highest BCUT2D eigenvalue weighted by molar-refractivity contribution is 5.16. The van der Waals surface area contributed by atoms with Gasteiger partial charge in [0.15, 0.2) is 0 Å². The van der Waals surface area contributed by atoms with E-state index in [1.165, 1.54) is 75.6 Å². The highest BCUT2D eigenvalue weighted by Crippen LogP contribution is 2.37. The van der Waals surface area contributed by atoms with E-state index in [0.29, 0.717) is 23.9 Å². The summed E-state index contributed by atoms with van der Waals surface area (Å²) in [5, 5.41) is 20.3. The molecule has 2 aliphatic carbocycles. The number of hydrogen-bond acceptors (Lipinski definition) is 4. The van der Waals surface area contributed by atoms with Crippen molar-refractivity contribution >= 4 is 0 Å². The van der Waals surface area contributed by atoms with Crippen LogP contribution in [-0.2, 0) is 13.1 Å². The minimum atomic E-state index is -0.0534. The third kappa shape index (κ3) is 6.39. The molecule has 0 aromatic heterocycles. The molecule has 196 valence electrons. The quantitative estimate of drug-likeness (QED) is 0.584. The van der Waals surface area contributed by atoms with Crippen LogP contribution in [0.25, 0.3) is 0 Å². The molecular formula is C32H46N2O2. The van der Waals surface area contributed by atoms with Gasteiger partial charge in [0.25, 0.3) is 0 Å². The van der Waals surface area contributed by atoms with Gasteiger partial charge in [0.05, 0.1) is 12.2 Å². The maximum Gasteiger partial charge on any atom is 0.0583 e. The molecule has 0 unspecified atom stereocenters. The average Bonchev–Trinajstić information content (AvgIpc) is 2.92. The maximum absolute atomic E-state index is 10.2. The number of rotatable bonds is 4. The van der Waals surface area contributed by atoms with Gasteiger partial charge in [-0.1, -0.05) is 60.7 Å². The number of benzene rings is 2. The van der Waals surface area contributed by atoms with Crippen LogP contribution in [0.1, 0.15) is 75.3 Å². The van der Waals surface area contributed by atoms with Crippen LogP contribution in [0.4, 0.5) is 0 Å². The Morgan fingerprint density at radius 2 is 0.944 bits per heavy atom. The zero-order valence-corrected chi connectivity index (χ0v) is 21.9. The molecule has 2 aliphatic heterocycles. The summed E-state index contributed by atoms with van der Waals surface area (Å²) in [4.78, 5) is 5.21. The molecule has 2 saturated heterocycles. The predicted molar refractivity (Wildman–Crippen MR) is 146 cm³/mol. The Kier molecular flexibility index (Phi) is 9.13. The average molecular weight is 491 g/mol. The molecule has 0 radical (unpaired) electrons. The number of likely N-dealkylation sites (tertiary alicyclic amines) is 2. The zero-order valence-electron chi connectivity index (χ0n) is 21.9. The van der Waals surface area contributed by atoms with E-state index in [1.807, 2.05) is 0 Å². The number of piperidine rings is 2. The predicted octanol–water partition coefficient (Wildman–Crippen LogP) is 5.62. The van der Waals surface area contributed by atoms with Gasteiger partial charge in [-0.15, -0.1) is 0 Å². The largest absolute Gasteiger partial charge is 0.393 e. The number of aliphatic hydroxyl groups is 2. The Morgan fingerprint density at radius 3 is 1.36 bits per heavy atom. The normalized spacial score (nSPS) is 33.1. The van der Waals surface area contributed by atoms with Gasteiger partial charge in [-0.25, -0.2) is 0 Å². The summed E-state index contributed by atoms with van der Waals surface area (Å²) in [5.74, 6) is 1.05. The van der Waals surface area contributed by atoms with Crippen molar-refractivity contribution in [1.29, 1.82) is 0 Å². The topological polar surface area (TPSA) is 46.9 Å². The van der Waals surface area contributed by atoms with Crippen molar-refractivity contribution in [3.8, 4) is 0 Å². The van der Waals surface area contributed by atoms with Crippen molar-refractivity contribution in [2.75, 3.05) is 13.1 Å². The summed E-state index contributed by atoms with van der Waals surface area (Å²) in [6.45, 7) is 4.50. The number of aliphatic hydroxyl groups excluding tert-OH is 2. The van der Waals surface area contributed by atoms with Crippen LogP contribution in [0.2, 0.25) is 0 Å². The van der Waals surface area contributed by atoms with E-state index in [0.717, 1.165) is 25.9 Å². The second kappa shape index (κ2) is 12.7. The van der Waals surface area contributed by atoms with E-state index in [-0.39, 0.29) is 12.2 Å². The molecule has 2 aromatic carbocycles. The summed E-state index contributed by atoms with van der Waals surface area (Å²) in [7, 11) is 0. The number of nitrogens with zero attached hydrogens (tertiary/aromatic N) is 2. The molecule has 36 heavy (non-hydrogen) atoms. The van der Waals surface area contributed by atoms with Crippen molar-refractivity contribution in [2.24, 2.45) is 11.8 Å². The lowest BCUT2D eigenvalue weighted by molar-refractivity contribution is -0.0302. The lowest BCUT2D eigenvalue weighted by Gasteiger charge is -2.46. The molecule has 4 nitrogen and oxygen atoms in total. The first-order chi connectivity index (χ1) is 17.7. The number of hydrogen-bond donors (Lipinski definition) is 2. The lowest BCUT2D eigenvalue weighted by atomic mass is 9.76. The molecular weight excluding hydrogens is 444 g/mol. The molecule has 2 aromatic rings. The van der Waals surface area contributed by atoms with Gasteiger partial charge in [-0.05, 0) is 88.4 Å². The van der Waals surface area contributed by atoms with E-state index in [2.05, 4.69) is 70.5 Å². The van der Waals surface area contributed by atoms with Crippen molar-refractivity contribution < 1.29 is 10.2 Å². The van der Waals surface area contributed by atoms with Crippen LogP contribution in [0, 0.1) is 11.8 Å². The third-order valence-corrected chi connectivity index (χ3v) is 9.34. The molecule has 0 amide bonds. The van der Waals surface area contributed by atoms with Crippen molar-refractivity contribution in [1.82, 2.24) is 9.80 Å². The first-order valence-electron chi connectivity index (χ1n) is 14.6. The van der Waals surface area contributed by atoms with Crippen LogP contribution in [-0.4, -0.2) is 57.4 Å². The smallest absolute Gasteiger partial charge is 0.0583 e. The van der Waals surface area contributed by atoms with Crippen LogP contribution in [0.3, 0.4) is 0 Å². The fraction of sp³-hybridized carbons (Fsp3) is 0.625. The molecule has 2 N–H and O–H groups in total. The highest BCUT2D eigenvalue weighted by atomic mass is 16.3. The van der Waals surface area contributed by atoms with Crippen molar-refractivity contribution in [3.05, 3.63) is 71.8 Å². The Hall–Kier alpha value is -1.72. The fourth-order valence-electron chi connectivity index (χ4n) is 7.54. The van der Waals surface area contributed by atoms with Crippen molar-refractivity contribution in [2.45, 2.75) is 102 Å². The Bertz CT molecular complexity index is 831. The summed E-state index contributed by atoms with van der Waals surface area (Å²) >= 11 is 0. The van der Waals surface area contributed by atoms with Gasteiger partial charge in [0, 0.05) is 37.0 Å². The Labute approximate surface area is 218 Å². The van der Waals surface area contributed by atoms with Crippen LogP contribution in [0.15, 0.2) is 60.7 Å².